The molecular weight excluding hydrogens is 428 g/mol. The van der Waals surface area contributed by atoms with Crippen LogP contribution >= 0.6 is 11.6 Å². The Morgan fingerprint density at radius 3 is 2.25 bits per heavy atom. The van der Waals surface area contributed by atoms with Gasteiger partial charge < -0.3 is 14.8 Å². The fourth-order valence-electron chi connectivity index (χ4n) is 3.72. The number of nitrogens with zero attached hydrogens (tertiary/aromatic N) is 1. The summed E-state index contributed by atoms with van der Waals surface area (Å²) in [5.41, 5.74) is 3.23. The van der Waals surface area contributed by atoms with Gasteiger partial charge in [0, 0.05) is 16.8 Å². The van der Waals surface area contributed by atoms with Crippen LogP contribution in [0, 0.1) is 6.92 Å². The van der Waals surface area contributed by atoms with Gasteiger partial charge in [-0.05, 0) is 48.9 Å². The van der Waals surface area contributed by atoms with Crippen molar-refractivity contribution in [2.75, 3.05) is 23.4 Å². The number of hydrogen-bond acceptors (Lipinski definition) is 5. The van der Waals surface area contributed by atoms with E-state index in [0.29, 0.717) is 46.7 Å². The molecule has 0 aromatic heterocycles. The Hall–Kier alpha value is -3.77. The summed E-state index contributed by atoms with van der Waals surface area (Å²) in [6.07, 6.45) is 0. The van der Waals surface area contributed by atoms with Gasteiger partial charge in [-0.25, -0.2) is 4.90 Å². The van der Waals surface area contributed by atoms with E-state index in [0.717, 1.165) is 5.56 Å². The smallest absolute Gasteiger partial charge is 0.282 e. The number of nitrogens with one attached hydrogen (secondary N) is 1. The summed E-state index contributed by atoms with van der Waals surface area (Å²) in [5.74, 6) is 0.394. The third kappa shape index (κ3) is 3.59. The number of aryl methyl sites for hydroxylation is 1. The van der Waals surface area contributed by atoms with E-state index >= 15 is 0 Å². The van der Waals surface area contributed by atoms with Crippen molar-refractivity contribution in [3.8, 4) is 11.5 Å². The molecule has 0 atom stereocenters. The number of rotatable bonds is 4. The Morgan fingerprint density at radius 1 is 0.844 bits per heavy atom. The normalized spacial score (nSPS) is 15.4. The quantitative estimate of drug-likeness (QED) is 0.582. The standard InChI is InChI=1S/C25H19ClN2O4/c1-15-2-9-19(10-3-15)28-24(29)22(16-4-6-17(26)7-5-16)23(25(28)30)27-18-8-11-20-21(14-18)32-13-12-31-20/h2-11,14,27H,12-13H2,1H3. The van der Waals surface area contributed by atoms with Gasteiger partial charge in [-0.1, -0.05) is 41.4 Å². The molecule has 0 bridgehead atoms. The zero-order valence-corrected chi connectivity index (χ0v) is 18.0. The molecule has 0 saturated heterocycles. The minimum absolute atomic E-state index is 0.189. The molecule has 2 aliphatic rings. The summed E-state index contributed by atoms with van der Waals surface area (Å²) in [7, 11) is 0. The molecule has 2 amide bonds. The highest BCUT2D eigenvalue weighted by molar-refractivity contribution is 6.46. The summed E-state index contributed by atoms with van der Waals surface area (Å²) in [5, 5.41) is 3.69. The highest BCUT2D eigenvalue weighted by Gasteiger charge is 2.40. The molecule has 0 unspecified atom stereocenters. The first-order valence-electron chi connectivity index (χ1n) is 10.1. The lowest BCUT2D eigenvalue weighted by atomic mass is 10.0. The van der Waals surface area contributed by atoms with E-state index < -0.39 is 11.8 Å². The van der Waals surface area contributed by atoms with Crippen LogP contribution < -0.4 is 19.7 Å². The number of ether oxygens (including phenoxy) is 2. The van der Waals surface area contributed by atoms with Gasteiger partial charge in [0.25, 0.3) is 11.8 Å². The van der Waals surface area contributed by atoms with Gasteiger partial charge in [-0.3, -0.25) is 9.59 Å². The molecule has 1 N–H and O–H groups in total. The summed E-state index contributed by atoms with van der Waals surface area (Å²) in [6.45, 7) is 2.89. The third-order valence-electron chi connectivity index (χ3n) is 5.32. The van der Waals surface area contributed by atoms with Crippen LogP contribution in [0.4, 0.5) is 11.4 Å². The summed E-state index contributed by atoms with van der Waals surface area (Å²) >= 11 is 6.04. The maximum Gasteiger partial charge on any atom is 0.282 e. The van der Waals surface area contributed by atoms with Crippen LogP contribution in [-0.2, 0) is 9.59 Å². The first-order valence-corrected chi connectivity index (χ1v) is 10.5. The molecule has 5 rings (SSSR count). The number of anilines is 2. The highest BCUT2D eigenvalue weighted by atomic mass is 35.5. The summed E-state index contributed by atoms with van der Waals surface area (Å²) < 4.78 is 11.2. The number of halogens is 1. The zero-order valence-electron chi connectivity index (χ0n) is 17.2. The highest BCUT2D eigenvalue weighted by Crippen LogP contribution is 2.37. The number of amides is 2. The molecule has 2 aliphatic heterocycles. The molecule has 32 heavy (non-hydrogen) atoms. The lowest BCUT2D eigenvalue weighted by molar-refractivity contribution is -0.120. The topological polar surface area (TPSA) is 67.9 Å². The Bertz CT molecular complexity index is 1250. The Morgan fingerprint density at radius 2 is 1.53 bits per heavy atom. The average Bonchev–Trinajstić information content (AvgIpc) is 3.04. The third-order valence-corrected chi connectivity index (χ3v) is 5.57. The predicted octanol–water partition coefficient (Wildman–Crippen LogP) is 4.82. The molecule has 0 spiro atoms. The fraction of sp³-hybridized carbons (Fsp3) is 0.120. The van der Waals surface area contributed by atoms with Crippen LogP contribution in [0.2, 0.25) is 5.02 Å². The molecule has 0 aliphatic carbocycles. The van der Waals surface area contributed by atoms with Crippen molar-refractivity contribution in [2.24, 2.45) is 0 Å². The van der Waals surface area contributed by atoms with E-state index in [9.17, 15) is 9.59 Å². The number of benzene rings is 3. The maximum absolute atomic E-state index is 13.4. The van der Waals surface area contributed by atoms with Crippen LogP contribution in [0.25, 0.3) is 5.57 Å². The van der Waals surface area contributed by atoms with E-state index in [1.165, 1.54) is 4.90 Å². The van der Waals surface area contributed by atoms with Gasteiger partial charge in [0.05, 0.1) is 11.3 Å². The van der Waals surface area contributed by atoms with Crippen LogP contribution in [0.5, 0.6) is 11.5 Å². The second-order valence-electron chi connectivity index (χ2n) is 7.52. The molecular formula is C25H19ClN2O4. The minimum atomic E-state index is -0.432. The molecule has 6 nitrogen and oxygen atoms in total. The first kappa shape index (κ1) is 20.2. The van der Waals surface area contributed by atoms with Crippen molar-refractivity contribution in [2.45, 2.75) is 6.92 Å². The van der Waals surface area contributed by atoms with Crippen LogP contribution in [0.15, 0.2) is 72.4 Å². The number of fused-ring (bicyclic) bond motifs is 1. The van der Waals surface area contributed by atoms with Gasteiger partial charge in [0.15, 0.2) is 11.5 Å². The molecule has 0 saturated carbocycles. The van der Waals surface area contributed by atoms with Gasteiger partial charge >= 0.3 is 0 Å². The van der Waals surface area contributed by atoms with E-state index in [4.69, 9.17) is 21.1 Å². The summed E-state index contributed by atoms with van der Waals surface area (Å²) in [6, 6.07) is 19.4. The Labute approximate surface area is 190 Å². The minimum Gasteiger partial charge on any atom is -0.486 e. The average molecular weight is 447 g/mol. The molecule has 7 heteroatoms. The molecule has 3 aromatic carbocycles. The monoisotopic (exact) mass is 446 g/mol. The van der Waals surface area contributed by atoms with Gasteiger partial charge in [-0.2, -0.15) is 0 Å². The van der Waals surface area contributed by atoms with Crippen LogP contribution in [-0.4, -0.2) is 25.0 Å². The van der Waals surface area contributed by atoms with E-state index in [2.05, 4.69) is 5.32 Å². The number of carbonyl (C=O) groups excluding carboxylic acids is 2. The van der Waals surface area contributed by atoms with Crippen LogP contribution in [0.1, 0.15) is 11.1 Å². The van der Waals surface area contributed by atoms with E-state index in [1.807, 2.05) is 19.1 Å². The molecule has 3 aromatic rings. The Kier molecular flexibility index (Phi) is 5.07. The first-order chi connectivity index (χ1) is 15.5. The molecule has 160 valence electrons. The van der Waals surface area contributed by atoms with Crippen molar-refractivity contribution in [3.63, 3.8) is 0 Å². The van der Waals surface area contributed by atoms with Crippen molar-refractivity contribution < 1.29 is 19.1 Å². The second-order valence-corrected chi connectivity index (χ2v) is 7.96. The molecule has 2 heterocycles. The fourth-order valence-corrected chi connectivity index (χ4v) is 3.85. The van der Waals surface area contributed by atoms with Crippen molar-refractivity contribution in [1.82, 2.24) is 0 Å². The number of hydrogen-bond donors (Lipinski definition) is 1. The molecule has 0 fully saturated rings. The van der Waals surface area contributed by atoms with Crippen molar-refractivity contribution in [3.05, 3.63) is 88.6 Å². The SMILES string of the molecule is Cc1ccc(N2C(=O)C(Nc3ccc4c(c3)OCCO4)=C(c3ccc(Cl)cc3)C2=O)cc1. The number of carbonyl (C=O) groups is 2. The maximum atomic E-state index is 13.4. The number of imide groups is 1. The van der Waals surface area contributed by atoms with Gasteiger partial charge in [0.2, 0.25) is 0 Å². The largest absolute Gasteiger partial charge is 0.486 e. The van der Waals surface area contributed by atoms with Gasteiger partial charge in [0.1, 0.15) is 18.9 Å². The van der Waals surface area contributed by atoms with Crippen LogP contribution in [0.3, 0.4) is 0 Å². The summed E-state index contributed by atoms with van der Waals surface area (Å²) in [4.78, 5) is 28.1. The molecule has 0 radical (unpaired) electrons. The lowest BCUT2D eigenvalue weighted by Gasteiger charge is -2.19. The Balaban J connectivity index is 1.58. The van der Waals surface area contributed by atoms with Crippen molar-refractivity contribution >= 4 is 40.4 Å². The lowest BCUT2D eigenvalue weighted by Crippen LogP contribution is -2.32. The predicted molar refractivity (Wildman–Crippen MR) is 123 cm³/mol. The van der Waals surface area contributed by atoms with Gasteiger partial charge in [-0.15, -0.1) is 0 Å². The second kappa shape index (κ2) is 8.05. The van der Waals surface area contributed by atoms with E-state index in [-0.39, 0.29) is 11.3 Å². The van der Waals surface area contributed by atoms with Crippen molar-refractivity contribution in [1.29, 1.82) is 0 Å². The zero-order chi connectivity index (χ0) is 22.2. The van der Waals surface area contributed by atoms with E-state index in [1.54, 1.807) is 54.6 Å².